The zero-order valence-electron chi connectivity index (χ0n) is 14.0. The van der Waals surface area contributed by atoms with Gasteiger partial charge in [0.25, 0.3) is 5.92 Å². The van der Waals surface area contributed by atoms with Crippen molar-refractivity contribution in [2.45, 2.75) is 84.1 Å². The maximum absolute atomic E-state index is 14.1. The molecule has 5 heteroatoms. The Morgan fingerprint density at radius 3 is 2.24 bits per heavy atom. The maximum Gasteiger partial charge on any atom is 0.251 e. The van der Waals surface area contributed by atoms with Crippen LogP contribution in [0.5, 0.6) is 0 Å². The number of halogens is 4. The monoisotopic (exact) mass is 313 g/mol. The molecule has 0 amide bonds. The van der Waals surface area contributed by atoms with Crippen LogP contribution in [0.4, 0.5) is 17.6 Å². The minimum Gasteiger partial charge on any atom is -0.316 e. The van der Waals surface area contributed by atoms with Crippen molar-refractivity contribution in [3.8, 4) is 0 Å². The molecule has 3 atom stereocenters. The first kappa shape index (κ1) is 20.7. The van der Waals surface area contributed by atoms with Crippen molar-refractivity contribution in [1.82, 2.24) is 5.32 Å². The second-order valence-electron chi connectivity index (χ2n) is 5.67. The molecule has 0 bridgehead atoms. The molecule has 1 saturated carbocycles. The highest BCUT2D eigenvalue weighted by atomic mass is 19.3. The van der Waals surface area contributed by atoms with Gasteiger partial charge in [-0.1, -0.05) is 34.1 Å². The van der Waals surface area contributed by atoms with Crippen LogP contribution in [0.25, 0.3) is 0 Å². The van der Waals surface area contributed by atoms with Gasteiger partial charge in [0.15, 0.2) is 0 Å². The Balaban J connectivity index is 0.00000191. The van der Waals surface area contributed by atoms with Gasteiger partial charge in [0.05, 0.1) is 0 Å². The summed E-state index contributed by atoms with van der Waals surface area (Å²) in [5.41, 5.74) is 0. The summed E-state index contributed by atoms with van der Waals surface area (Å²) in [5.74, 6) is -6.64. The predicted molar refractivity (Wildman–Crippen MR) is 80.1 cm³/mol. The quantitative estimate of drug-likeness (QED) is 0.639. The summed E-state index contributed by atoms with van der Waals surface area (Å²) < 4.78 is 55.0. The Kier molecular flexibility index (Phi) is 8.83. The molecule has 0 radical (unpaired) electrons. The fraction of sp³-hybridized carbons (Fsp3) is 1.00. The van der Waals surface area contributed by atoms with Crippen molar-refractivity contribution in [3.63, 3.8) is 0 Å². The standard InChI is InChI=1S/C14H25F4N.C2H6/c1-4-6-11(14(17,18)5-2)10-7-8-13(15,16)9-12(10)19-3;1-2/h10-12,19H,4-9H2,1-3H3;1-2H3. The Labute approximate surface area is 126 Å². The first-order valence-electron chi connectivity index (χ1n) is 8.20. The number of alkyl halides is 4. The molecule has 1 aliphatic rings. The lowest BCUT2D eigenvalue weighted by atomic mass is 9.70. The molecule has 1 fully saturated rings. The Bertz CT molecular complexity index is 281. The van der Waals surface area contributed by atoms with Crippen molar-refractivity contribution >= 4 is 0 Å². The number of hydrogen-bond donors (Lipinski definition) is 1. The highest BCUT2D eigenvalue weighted by Crippen LogP contribution is 2.46. The summed E-state index contributed by atoms with van der Waals surface area (Å²) in [6, 6.07) is -0.516. The number of hydrogen-bond acceptors (Lipinski definition) is 1. The average Bonchev–Trinajstić information content (AvgIpc) is 2.46. The lowest BCUT2D eigenvalue weighted by molar-refractivity contribution is -0.123. The molecule has 1 nitrogen and oxygen atoms in total. The van der Waals surface area contributed by atoms with Crippen molar-refractivity contribution in [2.24, 2.45) is 11.8 Å². The van der Waals surface area contributed by atoms with Gasteiger partial charge in [-0.05, 0) is 25.8 Å². The van der Waals surface area contributed by atoms with Gasteiger partial charge < -0.3 is 5.32 Å². The van der Waals surface area contributed by atoms with Crippen LogP contribution in [0, 0.1) is 11.8 Å². The summed E-state index contributed by atoms with van der Waals surface area (Å²) >= 11 is 0. The maximum atomic E-state index is 14.1. The molecule has 1 aliphatic carbocycles. The van der Waals surface area contributed by atoms with Crippen LogP contribution in [0.1, 0.15) is 66.2 Å². The smallest absolute Gasteiger partial charge is 0.251 e. The van der Waals surface area contributed by atoms with E-state index >= 15 is 0 Å². The van der Waals surface area contributed by atoms with Crippen LogP contribution in [-0.4, -0.2) is 24.9 Å². The summed E-state index contributed by atoms with van der Waals surface area (Å²) in [7, 11) is 1.59. The molecular formula is C16H31F4N. The van der Waals surface area contributed by atoms with E-state index < -0.39 is 23.8 Å². The van der Waals surface area contributed by atoms with E-state index in [1.54, 1.807) is 7.05 Å². The zero-order chi connectivity index (χ0) is 16.7. The van der Waals surface area contributed by atoms with Gasteiger partial charge in [0.1, 0.15) is 0 Å². The third kappa shape index (κ3) is 5.76. The molecular weight excluding hydrogens is 282 g/mol. The van der Waals surface area contributed by atoms with Gasteiger partial charge in [-0.25, -0.2) is 17.6 Å². The molecule has 128 valence electrons. The first-order valence-corrected chi connectivity index (χ1v) is 8.20. The summed E-state index contributed by atoms with van der Waals surface area (Å²) in [5, 5.41) is 2.83. The third-order valence-electron chi connectivity index (χ3n) is 4.38. The van der Waals surface area contributed by atoms with Crippen molar-refractivity contribution < 1.29 is 17.6 Å². The van der Waals surface area contributed by atoms with Crippen LogP contribution in [0.2, 0.25) is 0 Å². The van der Waals surface area contributed by atoms with E-state index in [-0.39, 0.29) is 31.6 Å². The zero-order valence-corrected chi connectivity index (χ0v) is 14.0. The normalized spacial score (nSPS) is 26.7. The van der Waals surface area contributed by atoms with Crippen molar-refractivity contribution in [2.75, 3.05) is 7.05 Å². The van der Waals surface area contributed by atoms with Gasteiger partial charge in [0.2, 0.25) is 5.92 Å². The Morgan fingerprint density at radius 2 is 1.81 bits per heavy atom. The van der Waals surface area contributed by atoms with Crippen LogP contribution >= 0.6 is 0 Å². The molecule has 0 aromatic carbocycles. The second-order valence-corrected chi connectivity index (χ2v) is 5.67. The fourth-order valence-electron chi connectivity index (χ4n) is 3.26. The van der Waals surface area contributed by atoms with Crippen molar-refractivity contribution in [3.05, 3.63) is 0 Å². The summed E-state index contributed by atoms with van der Waals surface area (Å²) in [6.45, 7) is 7.33. The minimum atomic E-state index is -2.76. The van der Waals surface area contributed by atoms with E-state index in [9.17, 15) is 17.6 Å². The summed E-state index contributed by atoms with van der Waals surface area (Å²) in [6.07, 6.45) is 0.419. The molecule has 1 rings (SSSR count). The average molecular weight is 313 g/mol. The van der Waals surface area contributed by atoms with Crippen LogP contribution in [0.3, 0.4) is 0 Å². The van der Waals surface area contributed by atoms with Crippen LogP contribution in [-0.2, 0) is 0 Å². The minimum absolute atomic E-state index is 0.179. The molecule has 0 heterocycles. The Morgan fingerprint density at radius 1 is 1.24 bits per heavy atom. The van der Waals surface area contributed by atoms with Crippen LogP contribution < -0.4 is 5.32 Å². The molecule has 21 heavy (non-hydrogen) atoms. The SMILES string of the molecule is CC.CCCC(C1CCC(F)(F)CC1NC)C(F)(F)CC. The topological polar surface area (TPSA) is 12.0 Å². The molecule has 0 saturated heterocycles. The van der Waals surface area contributed by atoms with Gasteiger partial charge in [-0.3, -0.25) is 0 Å². The Hall–Kier alpha value is -0.320. The van der Waals surface area contributed by atoms with Gasteiger partial charge >= 0.3 is 0 Å². The second kappa shape index (κ2) is 8.96. The number of rotatable bonds is 6. The van der Waals surface area contributed by atoms with E-state index in [0.717, 1.165) is 0 Å². The highest BCUT2D eigenvalue weighted by molar-refractivity contribution is 4.94. The third-order valence-corrected chi connectivity index (χ3v) is 4.38. The van der Waals surface area contributed by atoms with E-state index in [4.69, 9.17) is 0 Å². The van der Waals surface area contributed by atoms with Gasteiger partial charge in [0, 0.05) is 31.2 Å². The predicted octanol–water partition coefficient (Wildman–Crippen LogP) is 5.50. The highest BCUT2D eigenvalue weighted by Gasteiger charge is 2.49. The summed E-state index contributed by atoms with van der Waals surface area (Å²) in [4.78, 5) is 0. The van der Waals surface area contributed by atoms with E-state index in [2.05, 4.69) is 5.32 Å². The van der Waals surface area contributed by atoms with Crippen molar-refractivity contribution in [1.29, 1.82) is 0 Å². The molecule has 1 N–H and O–H groups in total. The molecule has 0 aliphatic heterocycles. The molecule has 0 aromatic rings. The molecule has 3 unspecified atom stereocenters. The van der Waals surface area contributed by atoms with Gasteiger partial charge in [-0.2, -0.15) is 0 Å². The van der Waals surface area contributed by atoms with E-state index in [1.807, 2.05) is 20.8 Å². The van der Waals surface area contributed by atoms with Crippen LogP contribution in [0.15, 0.2) is 0 Å². The molecule has 0 aromatic heterocycles. The lowest BCUT2D eigenvalue weighted by Gasteiger charge is -2.42. The van der Waals surface area contributed by atoms with E-state index in [0.29, 0.717) is 12.8 Å². The van der Waals surface area contributed by atoms with E-state index in [1.165, 1.54) is 6.92 Å². The molecule has 0 spiro atoms. The fourth-order valence-corrected chi connectivity index (χ4v) is 3.26. The number of nitrogens with one attached hydrogen (secondary N) is 1. The largest absolute Gasteiger partial charge is 0.316 e. The van der Waals surface area contributed by atoms with Gasteiger partial charge in [-0.15, -0.1) is 0 Å². The first-order chi connectivity index (χ1) is 9.77. The lowest BCUT2D eigenvalue weighted by Crippen LogP contribution is -2.50.